The highest BCUT2D eigenvalue weighted by atomic mass is 19.1. The van der Waals surface area contributed by atoms with E-state index in [9.17, 15) is 4.39 Å². The summed E-state index contributed by atoms with van der Waals surface area (Å²) in [5.41, 5.74) is 1.53. The highest BCUT2D eigenvalue weighted by molar-refractivity contribution is 5.50. The average molecular weight is 211 g/mol. The molecule has 0 aliphatic heterocycles. The van der Waals surface area contributed by atoms with E-state index in [0.29, 0.717) is 5.56 Å². The van der Waals surface area contributed by atoms with E-state index in [0.717, 1.165) is 31.5 Å². The molecule has 0 saturated heterocycles. The first-order chi connectivity index (χ1) is 7.25. The molecule has 1 aromatic rings. The van der Waals surface area contributed by atoms with Crippen LogP contribution < -0.4 is 5.32 Å². The fourth-order valence-corrected chi connectivity index (χ4v) is 1.44. The van der Waals surface area contributed by atoms with Gasteiger partial charge in [-0.3, -0.25) is 0 Å². The molecule has 15 heavy (non-hydrogen) atoms. The van der Waals surface area contributed by atoms with E-state index >= 15 is 0 Å². The Kier molecular flexibility index (Phi) is 5.12. The lowest BCUT2D eigenvalue weighted by Crippen LogP contribution is -2.04. The number of unbranched alkanes of at least 4 members (excludes halogenated alkanes) is 2. The molecule has 0 fully saturated rings. The van der Waals surface area contributed by atoms with Gasteiger partial charge in [-0.1, -0.05) is 6.07 Å². The SMILES string of the molecule is Cc1c(F)cccc1NCCCCCO. The van der Waals surface area contributed by atoms with Crippen LogP contribution in [0.1, 0.15) is 24.8 Å². The maximum absolute atomic E-state index is 13.1. The van der Waals surface area contributed by atoms with Crippen LogP contribution in [0.15, 0.2) is 18.2 Å². The number of aliphatic hydroxyl groups excluding tert-OH is 1. The summed E-state index contributed by atoms with van der Waals surface area (Å²) in [6, 6.07) is 5.05. The van der Waals surface area contributed by atoms with Crippen LogP contribution in [-0.2, 0) is 0 Å². The van der Waals surface area contributed by atoms with Gasteiger partial charge in [0.15, 0.2) is 0 Å². The van der Waals surface area contributed by atoms with Crippen molar-refractivity contribution < 1.29 is 9.50 Å². The Morgan fingerprint density at radius 2 is 2.07 bits per heavy atom. The Morgan fingerprint density at radius 3 is 2.80 bits per heavy atom. The van der Waals surface area contributed by atoms with Gasteiger partial charge in [-0.05, 0) is 38.3 Å². The first kappa shape index (κ1) is 12.0. The molecular formula is C12H18FNO. The molecule has 0 spiro atoms. The number of nitrogens with one attached hydrogen (secondary N) is 1. The minimum absolute atomic E-state index is 0.171. The summed E-state index contributed by atoms with van der Waals surface area (Å²) in [5, 5.41) is 11.8. The molecule has 0 saturated carbocycles. The molecular weight excluding hydrogens is 193 g/mol. The Morgan fingerprint density at radius 1 is 1.27 bits per heavy atom. The molecule has 2 nitrogen and oxygen atoms in total. The van der Waals surface area contributed by atoms with Gasteiger partial charge < -0.3 is 10.4 Å². The molecule has 2 N–H and O–H groups in total. The lowest BCUT2D eigenvalue weighted by atomic mass is 10.2. The number of hydrogen-bond donors (Lipinski definition) is 2. The van der Waals surface area contributed by atoms with E-state index in [1.165, 1.54) is 6.07 Å². The zero-order valence-electron chi connectivity index (χ0n) is 9.09. The molecule has 0 aromatic heterocycles. The van der Waals surface area contributed by atoms with Crippen molar-refractivity contribution in [2.45, 2.75) is 26.2 Å². The monoisotopic (exact) mass is 211 g/mol. The van der Waals surface area contributed by atoms with E-state index in [1.807, 2.05) is 6.07 Å². The van der Waals surface area contributed by atoms with Crippen LogP contribution in [0.3, 0.4) is 0 Å². The van der Waals surface area contributed by atoms with Crippen molar-refractivity contribution in [1.82, 2.24) is 0 Å². The van der Waals surface area contributed by atoms with Crippen molar-refractivity contribution in [3.05, 3.63) is 29.6 Å². The molecule has 0 atom stereocenters. The molecule has 1 aromatic carbocycles. The summed E-state index contributed by atoms with van der Waals surface area (Å²) in [7, 11) is 0. The second-order valence-electron chi connectivity index (χ2n) is 3.62. The van der Waals surface area contributed by atoms with Gasteiger partial charge >= 0.3 is 0 Å². The molecule has 84 valence electrons. The van der Waals surface area contributed by atoms with Gasteiger partial charge in [0, 0.05) is 24.4 Å². The van der Waals surface area contributed by atoms with Gasteiger partial charge in [0.1, 0.15) is 5.82 Å². The van der Waals surface area contributed by atoms with Crippen LogP contribution in [0.4, 0.5) is 10.1 Å². The van der Waals surface area contributed by atoms with Gasteiger partial charge in [0.25, 0.3) is 0 Å². The van der Waals surface area contributed by atoms with Crippen LogP contribution in [0.5, 0.6) is 0 Å². The standard InChI is InChI=1S/C12H18FNO/c1-10-11(13)6-5-7-12(10)14-8-3-2-4-9-15/h5-7,14-15H,2-4,8-9H2,1H3. The van der Waals surface area contributed by atoms with Gasteiger partial charge in [0.2, 0.25) is 0 Å². The lowest BCUT2D eigenvalue weighted by molar-refractivity contribution is 0.283. The molecule has 0 heterocycles. The second kappa shape index (κ2) is 6.40. The maximum Gasteiger partial charge on any atom is 0.128 e. The van der Waals surface area contributed by atoms with Crippen LogP contribution in [0.25, 0.3) is 0 Å². The first-order valence-electron chi connectivity index (χ1n) is 5.35. The third-order valence-corrected chi connectivity index (χ3v) is 2.42. The number of aliphatic hydroxyl groups is 1. The van der Waals surface area contributed by atoms with Crippen molar-refractivity contribution in [1.29, 1.82) is 0 Å². The Bertz CT molecular complexity index is 302. The van der Waals surface area contributed by atoms with Crippen molar-refractivity contribution in [2.75, 3.05) is 18.5 Å². The van der Waals surface area contributed by atoms with E-state index in [-0.39, 0.29) is 12.4 Å². The molecule has 0 amide bonds. The molecule has 0 radical (unpaired) electrons. The minimum atomic E-state index is -0.171. The van der Waals surface area contributed by atoms with Crippen molar-refractivity contribution >= 4 is 5.69 Å². The zero-order valence-corrected chi connectivity index (χ0v) is 9.09. The predicted molar refractivity (Wildman–Crippen MR) is 60.6 cm³/mol. The maximum atomic E-state index is 13.1. The fraction of sp³-hybridized carbons (Fsp3) is 0.500. The summed E-state index contributed by atoms with van der Waals surface area (Å²) in [5.74, 6) is -0.171. The second-order valence-corrected chi connectivity index (χ2v) is 3.62. The molecule has 3 heteroatoms. The van der Waals surface area contributed by atoms with Gasteiger partial charge in [-0.15, -0.1) is 0 Å². The van der Waals surface area contributed by atoms with E-state index < -0.39 is 0 Å². The highest BCUT2D eigenvalue weighted by Gasteiger charge is 2.01. The van der Waals surface area contributed by atoms with Crippen molar-refractivity contribution in [3.63, 3.8) is 0 Å². The fourth-order valence-electron chi connectivity index (χ4n) is 1.44. The predicted octanol–water partition coefficient (Wildman–Crippen LogP) is 2.71. The molecule has 0 bridgehead atoms. The Hall–Kier alpha value is -1.09. The van der Waals surface area contributed by atoms with Crippen molar-refractivity contribution in [2.24, 2.45) is 0 Å². The number of hydrogen-bond acceptors (Lipinski definition) is 2. The van der Waals surface area contributed by atoms with Crippen LogP contribution in [0, 0.1) is 12.7 Å². The summed E-state index contributed by atoms with van der Waals surface area (Å²) >= 11 is 0. The summed E-state index contributed by atoms with van der Waals surface area (Å²) in [4.78, 5) is 0. The van der Waals surface area contributed by atoms with Crippen LogP contribution >= 0.6 is 0 Å². The summed E-state index contributed by atoms with van der Waals surface area (Å²) in [6.45, 7) is 2.84. The molecule has 0 aliphatic rings. The number of benzene rings is 1. The summed E-state index contributed by atoms with van der Waals surface area (Å²) < 4.78 is 13.1. The number of rotatable bonds is 6. The highest BCUT2D eigenvalue weighted by Crippen LogP contribution is 2.17. The molecule has 1 rings (SSSR count). The van der Waals surface area contributed by atoms with Gasteiger partial charge in [0.05, 0.1) is 0 Å². The van der Waals surface area contributed by atoms with E-state index in [4.69, 9.17) is 5.11 Å². The topological polar surface area (TPSA) is 32.3 Å². The normalized spacial score (nSPS) is 10.3. The lowest BCUT2D eigenvalue weighted by Gasteiger charge is -2.09. The van der Waals surface area contributed by atoms with Crippen LogP contribution in [0.2, 0.25) is 0 Å². The summed E-state index contributed by atoms with van der Waals surface area (Å²) in [6.07, 6.45) is 2.83. The van der Waals surface area contributed by atoms with Crippen molar-refractivity contribution in [3.8, 4) is 0 Å². The third kappa shape index (κ3) is 3.88. The first-order valence-corrected chi connectivity index (χ1v) is 5.35. The third-order valence-electron chi connectivity index (χ3n) is 2.42. The van der Waals surface area contributed by atoms with Gasteiger partial charge in [-0.2, -0.15) is 0 Å². The van der Waals surface area contributed by atoms with Gasteiger partial charge in [-0.25, -0.2) is 4.39 Å². The number of halogens is 1. The number of anilines is 1. The van der Waals surface area contributed by atoms with Crippen LogP contribution in [-0.4, -0.2) is 18.3 Å². The van der Waals surface area contributed by atoms with E-state index in [1.54, 1.807) is 13.0 Å². The smallest absolute Gasteiger partial charge is 0.128 e. The molecule has 0 unspecified atom stereocenters. The molecule has 0 aliphatic carbocycles. The Labute approximate surface area is 90.1 Å². The average Bonchev–Trinajstić information content (AvgIpc) is 2.24. The largest absolute Gasteiger partial charge is 0.396 e. The minimum Gasteiger partial charge on any atom is -0.396 e. The Balaban J connectivity index is 2.34. The van der Waals surface area contributed by atoms with E-state index in [2.05, 4.69) is 5.32 Å². The quantitative estimate of drug-likeness (QED) is 0.709. The zero-order chi connectivity index (χ0) is 11.1.